The van der Waals surface area contributed by atoms with E-state index in [2.05, 4.69) is 17.0 Å². The molecule has 2 heterocycles. The van der Waals surface area contributed by atoms with E-state index in [0.717, 1.165) is 44.6 Å². The third-order valence-corrected chi connectivity index (χ3v) is 4.86. The molecule has 0 radical (unpaired) electrons. The van der Waals surface area contributed by atoms with Crippen molar-refractivity contribution in [2.24, 2.45) is 5.92 Å². The third-order valence-electron chi connectivity index (χ3n) is 4.86. The lowest BCUT2D eigenvalue weighted by Crippen LogP contribution is -2.48. The Hall–Kier alpha value is -1.39. The molecule has 4 nitrogen and oxygen atoms in total. The fraction of sp³-hybridized carbons (Fsp3) is 0.588. The van der Waals surface area contributed by atoms with E-state index in [9.17, 15) is 9.90 Å². The highest BCUT2D eigenvalue weighted by Crippen LogP contribution is 2.28. The SMILES string of the molecule is CC(C(=O)N1CCCc2ccccc21)N1CCC(CO)C1. The van der Waals surface area contributed by atoms with Crippen LogP contribution in [0.15, 0.2) is 24.3 Å². The minimum Gasteiger partial charge on any atom is -0.396 e. The third kappa shape index (κ3) is 2.83. The van der Waals surface area contributed by atoms with Crippen molar-refractivity contribution in [2.45, 2.75) is 32.2 Å². The van der Waals surface area contributed by atoms with E-state index < -0.39 is 0 Å². The molecule has 0 spiro atoms. The molecule has 4 heteroatoms. The molecule has 1 amide bonds. The second-order valence-electron chi connectivity index (χ2n) is 6.23. The summed E-state index contributed by atoms with van der Waals surface area (Å²) in [4.78, 5) is 17.0. The predicted molar refractivity (Wildman–Crippen MR) is 83.3 cm³/mol. The number of anilines is 1. The van der Waals surface area contributed by atoms with Crippen molar-refractivity contribution in [3.63, 3.8) is 0 Å². The van der Waals surface area contributed by atoms with Gasteiger partial charge in [0.2, 0.25) is 5.91 Å². The number of fused-ring (bicyclic) bond motifs is 1. The summed E-state index contributed by atoms with van der Waals surface area (Å²) < 4.78 is 0. The summed E-state index contributed by atoms with van der Waals surface area (Å²) in [6.45, 7) is 4.78. The van der Waals surface area contributed by atoms with Gasteiger partial charge < -0.3 is 10.0 Å². The molecule has 2 aliphatic heterocycles. The van der Waals surface area contributed by atoms with E-state index in [4.69, 9.17) is 0 Å². The van der Waals surface area contributed by atoms with Crippen molar-refractivity contribution in [1.29, 1.82) is 0 Å². The molecule has 2 aliphatic rings. The fourth-order valence-corrected chi connectivity index (χ4v) is 3.51. The van der Waals surface area contributed by atoms with Crippen molar-refractivity contribution < 1.29 is 9.90 Å². The molecular weight excluding hydrogens is 264 g/mol. The van der Waals surface area contributed by atoms with Crippen molar-refractivity contribution >= 4 is 11.6 Å². The van der Waals surface area contributed by atoms with Crippen molar-refractivity contribution in [3.05, 3.63) is 29.8 Å². The van der Waals surface area contributed by atoms with E-state index >= 15 is 0 Å². The summed E-state index contributed by atoms with van der Waals surface area (Å²) in [6, 6.07) is 8.12. The molecule has 2 unspecified atom stereocenters. The van der Waals surface area contributed by atoms with Crippen LogP contribution < -0.4 is 4.90 Å². The number of aryl methyl sites for hydroxylation is 1. The second-order valence-corrected chi connectivity index (χ2v) is 6.23. The van der Waals surface area contributed by atoms with Crippen molar-refractivity contribution in [1.82, 2.24) is 4.90 Å². The summed E-state index contributed by atoms with van der Waals surface area (Å²) in [5.74, 6) is 0.523. The van der Waals surface area contributed by atoms with Gasteiger partial charge in [0.25, 0.3) is 0 Å². The maximum atomic E-state index is 12.9. The van der Waals surface area contributed by atoms with Gasteiger partial charge in [0.15, 0.2) is 0 Å². The number of para-hydroxylation sites is 1. The summed E-state index contributed by atoms with van der Waals surface area (Å²) in [5.41, 5.74) is 2.36. The van der Waals surface area contributed by atoms with E-state index in [1.807, 2.05) is 24.0 Å². The van der Waals surface area contributed by atoms with Gasteiger partial charge in [-0.3, -0.25) is 9.69 Å². The molecule has 0 aromatic heterocycles. The molecule has 2 atom stereocenters. The number of amides is 1. The molecule has 1 aromatic rings. The Labute approximate surface area is 126 Å². The Morgan fingerprint density at radius 3 is 2.95 bits per heavy atom. The van der Waals surface area contributed by atoms with Crippen LogP contribution in [0.4, 0.5) is 5.69 Å². The molecule has 0 saturated carbocycles. The minimum atomic E-state index is -0.104. The van der Waals surface area contributed by atoms with Crippen LogP contribution in [-0.4, -0.2) is 48.2 Å². The molecule has 0 aliphatic carbocycles. The number of hydrogen-bond donors (Lipinski definition) is 1. The molecule has 3 rings (SSSR count). The smallest absolute Gasteiger partial charge is 0.244 e. The molecule has 114 valence electrons. The number of carbonyl (C=O) groups excluding carboxylic acids is 1. The van der Waals surface area contributed by atoms with Crippen LogP contribution in [0.3, 0.4) is 0 Å². The zero-order valence-electron chi connectivity index (χ0n) is 12.7. The van der Waals surface area contributed by atoms with Crippen LogP contribution in [-0.2, 0) is 11.2 Å². The van der Waals surface area contributed by atoms with Gasteiger partial charge in [0.1, 0.15) is 0 Å². The van der Waals surface area contributed by atoms with Crippen LogP contribution in [0.2, 0.25) is 0 Å². The quantitative estimate of drug-likeness (QED) is 0.920. The zero-order valence-corrected chi connectivity index (χ0v) is 12.7. The van der Waals surface area contributed by atoms with Crippen molar-refractivity contribution in [3.8, 4) is 0 Å². The molecule has 1 fully saturated rings. The normalized spacial score (nSPS) is 23.9. The van der Waals surface area contributed by atoms with Gasteiger partial charge in [-0.05, 0) is 50.3 Å². The lowest BCUT2D eigenvalue weighted by Gasteiger charge is -2.34. The summed E-state index contributed by atoms with van der Waals surface area (Å²) in [6.07, 6.45) is 3.09. The number of hydrogen-bond acceptors (Lipinski definition) is 3. The van der Waals surface area contributed by atoms with Gasteiger partial charge in [-0.15, -0.1) is 0 Å². The Balaban J connectivity index is 1.74. The maximum Gasteiger partial charge on any atom is 0.244 e. The second kappa shape index (κ2) is 6.16. The Morgan fingerprint density at radius 2 is 2.19 bits per heavy atom. The summed E-state index contributed by atoms with van der Waals surface area (Å²) in [5, 5.41) is 9.26. The first kappa shape index (κ1) is 14.5. The fourth-order valence-electron chi connectivity index (χ4n) is 3.51. The Morgan fingerprint density at radius 1 is 1.38 bits per heavy atom. The van der Waals surface area contributed by atoms with Crippen molar-refractivity contribution in [2.75, 3.05) is 31.1 Å². The van der Waals surface area contributed by atoms with Gasteiger partial charge in [-0.25, -0.2) is 0 Å². The Bertz CT molecular complexity index is 517. The van der Waals surface area contributed by atoms with Crippen LogP contribution in [0.25, 0.3) is 0 Å². The van der Waals surface area contributed by atoms with Crippen LogP contribution in [0, 0.1) is 5.92 Å². The highest BCUT2D eigenvalue weighted by Gasteiger charge is 2.33. The van der Waals surface area contributed by atoms with E-state index in [-0.39, 0.29) is 18.6 Å². The van der Waals surface area contributed by atoms with Gasteiger partial charge in [-0.2, -0.15) is 0 Å². The van der Waals surface area contributed by atoms with Crippen LogP contribution >= 0.6 is 0 Å². The molecule has 1 N–H and O–H groups in total. The first-order valence-electron chi connectivity index (χ1n) is 7.95. The van der Waals surface area contributed by atoms with E-state index in [0.29, 0.717) is 5.92 Å². The molecule has 21 heavy (non-hydrogen) atoms. The maximum absolute atomic E-state index is 12.9. The number of carbonyl (C=O) groups is 1. The highest BCUT2D eigenvalue weighted by molar-refractivity contribution is 5.98. The lowest BCUT2D eigenvalue weighted by molar-refractivity contribution is -0.123. The van der Waals surface area contributed by atoms with Gasteiger partial charge in [0.05, 0.1) is 6.04 Å². The molecule has 1 saturated heterocycles. The lowest BCUT2D eigenvalue weighted by atomic mass is 10.0. The number of aliphatic hydroxyl groups is 1. The summed E-state index contributed by atoms with van der Waals surface area (Å²) in [7, 11) is 0. The zero-order chi connectivity index (χ0) is 14.8. The number of nitrogens with zero attached hydrogens (tertiary/aromatic N) is 2. The summed E-state index contributed by atoms with van der Waals surface area (Å²) >= 11 is 0. The largest absolute Gasteiger partial charge is 0.396 e. The number of rotatable bonds is 3. The molecule has 1 aromatic carbocycles. The van der Waals surface area contributed by atoms with Gasteiger partial charge in [-0.1, -0.05) is 18.2 Å². The average Bonchev–Trinajstić information content (AvgIpc) is 3.02. The monoisotopic (exact) mass is 288 g/mol. The first-order valence-corrected chi connectivity index (χ1v) is 7.95. The molecular formula is C17H24N2O2. The average molecular weight is 288 g/mol. The van der Waals surface area contributed by atoms with E-state index in [1.54, 1.807) is 0 Å². The first-order chi connectivity index (χ1) is 10.2. The minimum absolute atomic E-state index is 0.104. The van der Waals surface area contributed by atoms with Gasteiger partial charge >= 0.3 is 0 Å². The standard InChI is InChI=1S/C17H24N2O2/c1-13(18-10-8-14(11-18)12-20)17(21)19-9-4-6-15-5-2-3-7-16(15)19/h2-3,5,7,13-14,20H,4,6,8-12H2,1H3. The number of benzene rings is 1. The Kier molecular flexibility index (Phi) is 4.27. The predicted octanol–water partition coefficient (Wildman–Crippen LogP) is 1.67. The number of aliphatic hydroxyl groups excluding tert-OH is 1. The number of likely N-dealkylation sites (tertiary alicyclic amines) is 1. The van der Waals surface area contributed by atoms with Crippen LogP contribution in [0.5, 0.6) is 0 Å². The van der Waals surface area contributed by atoms with Crippen LogP contribution in [0.1, 0.15) is 25.3 Å². The topological polar surface area (TPSA) is 43.8 Å². The highest BCUT2D eigenvalue weighted by atomic mass is 16.3. The van der Waals surface area contributed by atoms with Gasteiger partial charge in [0, 0.05) is 25.4 Å². The van der Waals surface area contributed by atoms with E-state index in [1.165, 1.54) is 5.56 Å². The molecule has 0 bridgehead atoms.